The number of aromatic nitrogens is 2. The van der Waals surface area contributed by atoms with Crippen molar-refractivity contribution in [3.8, 4) is 17.5 Å². The molecule has 1 N–H and O–H groups in total. The first-order valence-electron chi connectivity index (χ1n) is 5.27. The number of furan rings is 1. The van der Waals surface area contributed by atoms with Crippen LogP contribution >= 0.6 is 0 Å². The maximum absolute atomic E-state index is 9.06. The molecule has 0 atom stereocenters. The van der Waals surface area contributed by atoms with Gasteiger partial charge in [0, 0.05) is 0 Å². The summed E-state index contributed by atoms with van der Waals surface area (Å²) in [6, 6.07) is 6.13. The largest absolute Gasteiger partial charge is 0.460 e. The quantitative estimate of drug-likeness (QED) is 0.833. The molecule has 3 rings (SSSR count). The van der Waals surface area contributed by atoms with Crippen molar-refractivity contribution in [2.24, 2.45) is 0 Å². The summed E-state index contributed by atoms with van der Waals surface area (Å²) in [7, 11) is 0. The molecule has 80 valence electrons. The monoisotopic (exact) mass is 213 g/mol. The van der Waals surface area contributed by atoms with E-state index in [1.165, 1.54) is 0 Å². The van der Waals surface area contributed by atoms with Gasteiger partial charge in [-0.1, -0.05) is 0 Å². The van der Waals surface area contributed by atoms with Gasteiger partial charge in [-0.05, 0) is 31.9 Å². The number of imidazole rings is 1. The molecule has 0 bridgehead atoms. The third-order valence-electron chi connectivity index (χ3n) is 3.00. The highest BCUT2D eigenvalue weighted by molar-refractivity contribution is 5.52. The number of nitriles is 1. The van der Waals surface area contributed by atoms with Gasteiger partial charge in [-0.3, -0.25) is 0 Å². The molecule has 16 heavy (non-hydrogen) atoms. The van der Waals surface area contributed by atoms with Crippen LogP contribution < -0.4 is 0 Å². The highest BCUT2D eigenvalue weighted by atomic mass is 16.3. The average Bonchev–Trinajstić information content (AvgIpc) is 2.74. The van der Waals surface area contributed by atoms with E-state index in [9.17, 15) is 0 Å². The van der Waals surface area contributed by atoms with Crippen LogP contribution in [0.25, 0.3) is 11.5 Å². The minimum absolute atomic E-state index is 0.361. The van der Waals surface area contributed by atoms with Crippen molar-refractivity contribution in [2.45, 2.75) is 25.2 Å². The molecule has 4 heteroatoms. The van der Waals surface area contributed by atoms with E-state index in [0.29, 0.717) is 0 Å². The van der Waals surface area contributed by atoms with E-state index in [0.717, 1.165) is 35.9 Å². The lowest BCUT2D eigenvalue weighted by Gasteiger charge is -1.98. The first kappa shape index (κ1) is 9.22. The molecule has 0 amide bonds. The smallest absolute Gasteiger partial charge is 0.152 e. The zero-order valence-corrected chi connectivity index (χ0v) is 8.95. The van der Waals surface area contributed by atoms with Crippen LogP contribution in [-0.2, 0) is 5.41 Å². The van der Waals surface area contributed by atoms with Crippen molar-refractivity contribution < 1.29 is 4.42 Å². The lowest BCUT2D eigenvalue weighted by atomic mass is 10.1. The second-order valence-electron chi connectivity index (χ2n) is 4.25. The number of H-pyrrole nitrogens is 1. The van der Waals surface area contributed by atoms with Crippen LogP contribution in [0, 0.1) is 18.3 Å². The molecule has 0 saturated heterocycles. The van der Waals surface area contributed by atoms with E-state index >= 15 is 0 Å². The molecule has 2 aromatic rings. The normalized spacial score (nSPS) is 17.0. The Morgan fingerprint density at radius 3 is 2.88 bits per heavy atom. The first-order chi connectivity index (χ1) is 7.73. The average molecular weight is 213 g/mol. The summed E-state index contributed by atoms with van der Waals surface area (Å²) in [6.45, 7) is 1.90. The zero-order chi connectivity index (χ0) is 11.2. The SMILES string of the molecule is Cc1ccc(-c2cnc(C3(C#N)CC3)[nH]2)o1. The van der Waals surface area contributed by atoms with E-state index in [2.05, 4.69) is 16.0 Å². The van der Waals surface area contributed by atoms with Crippen molar-refractivity contribution in [1.82, 2.24) is 9.97 Å². The van der Waals surface area contributed by atoms with Gasteiger partial charge in [0.1, 0.15) is 22.7 Å². The van der Waals surface area contributed by atoms with E-state index in [4.69, 9.17) is 9.68 Å². The van der Waals surface area contributed by atoms with Crippen molar-refractivity contribution in [3.05, 3.63) is 29.9 Å². The molecular formula is C12H11N3O. The molecule has 2 heterocycles. The van der Waals surface area contributed by atoms with Crippen LogP contribution in [0.15, 0.2) is 22.7 Å². The van der Waals surface area contributed by atoms with Crippen LogP contribution in [0.4, 0.5) is 0 Å². The van der Waals surface area contributed by atoms with Gasteiger partial charge in [0.15, 0.2) is 5.76 Å². The molecule has 2 aromatic heterocycles. The summed E-state index contributed by atoms with van der Waals surface area (Å²) >= 11 is 0. The van der Waals surface area contributed by atoms with E-state index < -0.39 is 0 Å². The van der Waals surface area contributed by atoms with Crippen molar-refractivity contribution >= 4 is 0 Å². The maximum Gasteiger partial charge on any atom is 0.152 e. The Labute approximate surface area is 92.9 Å². The van der Waals surface area contributed by atoms with Crippen molar-refractivity contribution in [3.63, 3.8) is 0 Å². The lowest BCUT2D eigenvalue weighted by molar-refractivity contribution is 0.546. The van der Waals surface area contributed by atoms with Crippen LogP contribution in [0.1, 0.15) is 24.4 Å². The van der Waals surface area contributed by atoms with E-state index in [1.54, 1.807) is 6.20 Å². The maximum atomic E-state index is 9.06. The number of hydrogen-bond acceptors (Lipinski definition) is 3. The minimum atomic E-state index is -0.361. The summed E-state index contributed by atoms with van der Waals surface area (Å²) in [4.78, 5) is 7.44. The fourth-order valence-corrected chi connectivity index (χ4v) is 1.80. The van der Waals surface area contributed by atoms with Gasteiger partial charge in [0.2, 0.25) is 0 Å². The third-order valence-corrected chi connectivity index (χ3v) is 3.00. The summed E-state index contributed by atoms with van der Waals surface area (Å²) < 4.78 is 5.50. The molecular weight excluding hydrogens is 202 g/mol. The number of nitrogens with zero attached hydrogens (tertiary/aromatic N) is 2. The molecule has 0 radical (unpaired) electrons. The van der Waals surface area contributed by atoms with Crippen LogP contribution in [0.2, 0.25) is 0 Å². The fraction of sp³-hybridized carbons (Fsp3) is 0.333. The Hall–Kier alpha value is -2.02. The molecule has 0 spiro atoms. The van der Waals surface area contributed by atoms with Gasteiger partial charge in [0.05, 0.1) is 12.3 Å². The second kappa shape index (κ2) is 2.99. The molecule has 1 aliphatic rings. The lowest BCUT2D eigenvalue weighted by Crippen LogP contribution is -2.04. The molecule has 1 saturated carbocycles. The standard InChI is InChI=1S/C12H11N3O/c1-8-2-3-10(16-8)9-6-14-11(15-9)12(7-13)4-5-12/h2-3,6H,4-5H2,1H3,(H,14,15). The summed E-state index contributed by atoms with van der Waals surface area (Å²) in [5.74, 6) is 2.40. The van der Waals surface area contributed by atoms with Gasteiger partial charge in [-0.15, -0.1) is 0 Å². The minimum Gasteiger partial charge on any atom is -0.460 e. The molecule has 1 fully saturated rings. The van der Waals surface area contributed by atoms with Crippen LogP contribution in [0.5, 0.6) is 0 Å². The fourth-order valence-electron chi connectivity index (χ4n) is 1.80. The number of aromatic amines is 1. The Balaban J connectivity index is 1.97. The highest BCUT2D eigenvalue weighted by Gasteiger charge is 2.47. The second-order valence-corrected chi connectivity index (χ2v) is 4.25. The Kier molecular flexibility index (Phi) is 1.72. The van der Waals surface area contributed by atoms with E-state index in [-0.39, 0.29) is 5.41 Å². The van der Waals surface area contributed by atoms with Crippen molar-refractivity contribution in [2.75, 3.05) is 0 Å². The molecule has 0 aliphatic heterocycles. The Bertz CT molecular complexity index is 569. The predicted molar refractivity (Wildman–Crippen MR) is 57.6 cm³/mol. The van der Waals surface area contributed by atoms with Crippen molar-refractivity contribution in [1.29, 1.82) is 5.26 Å². The van der Waals surface area contributed by atoms with Gasteiger partial charge in [-0.2, -0.15) is 5.26 Å². The zero-order valence-electron chi connectivity index (χ0n) is 8.95. The van der Waals surface area contributed by atoms with Crippen LogP contribution in [0.3, 0.4) is 0 Å². The molecule has 0 unspecified atom stereocenters. The van der Waals surface area contributed by atoms with Gasteiger partial charge in [-0.25, -0.2) is 4.98 Å². The topological polar surface area (TPSA) is 65.6 Å². The first-order valence-corrected chi connectivity index (χ1v) is 5.27. The summed E-state index contributed by atoms with van der Waals surface area (Å²) in [5.41, 5.74) is 0.476. The van der Waals surface area contributed by atoms with Gasteiger partial charge >= 0.3 is 0 Å². The number of hydrogen-bond donors (Lipinski definition) is 1. The number of aryl methyl sites for hydroxylation is 1. The summed E-state index contributed by atoms with van der Waals surface area (Å²) in [5, 5.41) is 9.06. The Morgan fingerprint density at radius 1 is 1.50 bits per heavy atom. The number of nitrogens with one attached hydrogen (secondary N) is 1. The van der Waals surface area contributed by atoms with E-state index in [1.807, 2.05) is 19.1 Å². The Morgan fingerprint density at radius 2 is 2.31 bits per heavy atom. The predicted octanol–water partition coefficient (Wildman–Crippen LogP) is 2.53. The van der Waals surface area contributed by atoms with Crippen LogP contribution in [-0.4, -0.2) is 9.97 Å². The van der Waals surface area contributed by atoms with Gasteiger partial charge in [0.25, 0.3) is 0 Å². The molecule has 1 aliphatic carbocycles. The molecule has 4 nitrogen and oxygen atoms in total. The number of rotatable bonds is 2. The highest BCUT2D eigenvalue weighted by Crippen LogP contribution is 2.46. The third kappa shape index (κ3) is 1.25. The van der Waals surface area contributed by atoms with Gasteiger partial charge < -0.3 is 9.40 Å². The summed E-state index contributed by atoms with van der Waals surface area (Å²) in [6.07, 6.45) is 3.52. The molecule has 0 aromatic carbocycles.